The first-order valence-electron chi connectivity index (χ1n) is 11.3. The summed E-state index contributed by atoms with van der Waals surface area (Å²) in [5.74, 6) is 6.66. The van der Waals surface area contributed by atoms with Crippen LogP contribution in [0.3, 0.4) is 0 Å². The number of nitrogens with two attached hydrogens (primary N) is 1. The third kappa shape index (κ3) is 8.72. The van der Waals surface area contributed by atoms with Crippen LogP contribution in [0.15, 0.2) is 55.1 Å². The fourth-order valence-electron chi connectivity index (χ4n) is 2.98. The number of nitrogen functional groups attached to an aromatic ring is 1. The number of allylic oxidation sites excluding steroid dienone is 1. The van der Waals surface area contributed by atoms with Crippen molar-refractivity contribution in [1.82, 2.24) is 29.7 Å². The van der Waals surface area contributed by atoms with E-state index in [2.05, 4.69) is 39.1 Å². The third-order valence-electron chi connectivity index (χ3n) is 4.93. The van der Waals surface area contributed by atoms with Gasteiger partial charge in [0, 0.05) is 17.8 Å². The molecule has 0 fully saturated rings. The number of amides is 2. The largest absolute Gasteiger partial charge is 0.386 e. The molecule has 0 aliphatic rings. The number of benzene rings is 1. The monoisotopic (exact) mass is 542 g/mol. The Balaban J connectivity index is 0.000000263. The number of anilines is 2. The lowest BCUT2D eigenvalue weighted by atomic mass is 10.3. The van der Waals surface area contributed by atoms with E-state index in [0.717, 1.165) is 16.8 Å². The third-order valence-corrected chi connectivity index (χ3v) is 5.48. The van der Waals surface area contributed by atoms with Crippen molar-refractivity contribution in [3.05, 3.63) is 76.4 Å². The quantitative estimate of drug-likeness (QED) is 0.392. The molecule has 2 aromatic heterocycles. The van der Waals surface area contributed by atoms with Gasteiger partial charge in [0.25, 0.3) is 0 Å². The number of halogens is 2. The molecule has 11 heteroatoms. The normalized spacial score (nSPS) is 10.5. The molecule has 0 saturated heterocycles. The molecule has 3 aromatic rings. The lowest BCUT2D eigenvalue weighted by molar-refractivity contribution is 0.231. The van der Waals surface area contributed by atoms with E-state index in [1.54, 1.807) is 36.0 Å². The van der Waals surface area contributed by atoms with E-state index in [1.165, 1.54) is 11.2 Å². The highest BCUT2D eigenvalue weighted by molar-refractivity contribution is 6.36. The molecule has 0 aliphatic carbocycles. The van der Waals surface area contributed by atoms with Gasteiger partial charge >= 0.3 is 6.03 Å². The number of hydrogen-bond donors (Lipinski definition) is 3. The van der Waals surface area contributed by atoms with E-state index in [0.29, 0.717) is 40.3 Å². The second-order valence-electron chi connectivity index (χ2n) is 8.22. The number of nitrogens with zero attached hydrogens (tertiary/aromatic N) is 5. The van der Waals surface area contributed by atoms with Gasteiger partial charge in [-0.2, -0.15) is 5.10 Å². The van der Waals surface area contributed by atoms with Crippen molar-refractivity contribution >= 4 is 46.3 Å². The number of urea groups is 1. The summed E-state index contributed by atoms with van der Waals surface area (Å²) in [6, 6.07) is 6.54. The van der Waals surface area contributed by atoms with Crippen molar-refractivity contribution in [2.75, 3.05) is 45.3 Å². The SMILES string of the molecule is C=C(CN/C=C/C)N(C)C(=O)Nc1ccc(Cl)cc1Cl.Cc1cc(C#CCN(C)C)n2ncnc(N)c12. The van der Waals surface area contributed by atoms with E-state index in [1.807, 2.05) is 45.0 Å². The fraction of sp³-hybridized carbons (Fsp3) is 0.269. The van der Waals surface area contributed by atoms with Gasteiger partial charge in [0.15, 0.2) is 5.82 Å². The minimum atomic E-state index is -0.318. The first-order valence-corrected chi connectivity index (χ1v) is 12.0. The molecule has 0 unspecified atom stereocenters. The van der Waals surface area contributed by atoms with Gasteiger partial charge in [-0.05, 0) is 69.9 Å². The van der Waals surface area contributed by atoms with Crippen LogP contribution in [0.2, 0.25) is 10.0 Å². The zero-order valence-electron chi connectivity index (χ0n) is 21.6. The van der Waals surface area contributed by atoms with Gasteiger partial charge in [-0.3, -0.25) is 9.80 Å². The topological polar surface area (TPSA) is 104 Å². The Morgan fingerprint density at radius 2 is 2.00 bits per heavy atom. The highest BCUT2D eigenvalue weighted by Gasteiger charge is 2.13. The van der Waals surface area contributed by atoms with Crippen molar-refractivity contribution in [2.24, 2.45) is 0 Å². The lowest BCUT2D eigenvalue weighted by Crippen LogP contribution is -2.33. The number of rotatable bonds is 6. The van der Waals surface area contributed by atoms with Gasteiger partial charge in [0.1, 0.15) is 17.5 Å². The zero-order valence-corrected chi connectivity index (χ0v) is 23.2. The number of likely N-dealkylation sites (N-methyl/N-ethyl adjacent to an activating group) is 1. The summed E-state index contributed by atoms with van der Waals surface area (Å²) in [7, 11) is 5.60. The maximum absolute atomic E-state index is 12.0. The van der Waals surface area contributed by atoms with Crippen LogP contribution in [0.4, 0.5) is 16.3 Å². The molecule has 2 amide bonds. The molecule has 0 saturated carbocycles. The van der Waals surface area contributed by atoms with Gasteiger partial charge in [-0.25, -0.2) is 14.3 Å². The summed E-state index contributed by atoms with van der Waals surface area (Å²) < 4.78 is 1.74. The summed E-state index contributed by atoms with van der Waals surface area (Å²) in [6.07, 6.45) is 5.09. The summed E-state index contributed by atoms with van der Waals surface area (Å²) in [6.45, 7) is 8.91. The number of fused-ring (bicyclic) bond motifs is 1. The van der Waals surface area contributed by atoms with Crippen LogP contribution >= 0.6 is 23.2 Å². The Hall–Kier alpha value is -3.71. The second kappa shape index (κ2) is 14.1. The standard InChI is InChI=1S/C14H17Cl2N3O.C12H15N5/c1-4-7-17-9-10(2)19(3)14(20)18-13-6-5-11(15)8-12(13)16;1-9-7-10(5-4-6-16(2)3)17-11(9)12(13)14-8-15-17/h4-8,17H,2,9H2,1,3H3,(H,18,20);7-8H,6H2,1-3H3,(H2,13,14,15)/b7-4+;. The van der Waals surface area contributed by atoms with Crippen LogP contribution in [0.25, 0.3) is 5.52 Å². The maximum atomic E-state index is 12.0. The van der Waals surface area contributed by atoms with E-state index >= 15 is 0 Å². The number of carbonyl (C=O) groups excluding carboxylic acids is 1. The first kappa shape index (κ1) is 29.5. The molecule has 9 nitrogen and oxygen atoms in total. The summed E-state index contributed by atoms with van der Waals surface area (Å²) >= 11 is 11.8. The van der Waals surface area contributed by atoms with Crippen LogP contribution < -0.4 is 16.4 Å². The van der Waals surface area contributed by atoms with Crippen LogP contribution in [-0.2, 0) is 0 Å². The highest BCUT2D eigenvalue weighted by Crippen LogP contribution is 2.25. The number of aryl methyl sites for hydroxylation is 1. The zero-order chi connectivity index (χ0) is 27.5. The number of aromatic nitrogens is 3. The molecule has 37 heavy (non-hydrogen) atoms. The van der Waals surface area contributed by atoms with Gasteiger partial charge in [0.05, 0.1) is 23.8 Å². The molecule has 3 rings (SSSR count). The van der Waals surface area contributed by atoms with Crippen molar-refractivity contribution in [2.45, 2.75) is 13.8 Å². The van der Waals surface area contributed by atoms with Crippen LogP contribution in [0, 0.1) is 18.8 Å². The minimum absolute atomic E-state index is 0.318. The van der Waals surface area contributed by atoms with Crippen LogP contribution in [-0.4, -0.2) is 64.7 Å². The molecule has 4 N–H and O–H groups in total. The average molecular weight is 544 g/mol. The van der Waals surface area contributed by atoms with Crippen molar-refractivity contribution in [3.8, 4) is 11.8 Å². The maximum Gasteiger partial charge on any atom is 0.325 e. The molecule has 1 aromatic carbocycles. The molecule has 0 atom stereocenters. The average Bonchev–Trinajstić information content (AvgIpc) is 3.17. The van der Waals surface area contributed by atoms with Gasteiger partial charge in [-0.15, -0.1) is 0 Å². The molecule has 196 valence electrons. The molecular weight excluding hydrogens is 511 g/mol. The van der Waals surface area contributed by atoms with E-state index < -0.39 is 0 Å². The molecule has 0 aliphatic heterocycles. The van der Waals surface area contributed by atoms with Crippen molar-refractivity contribution < 1.29 is 4.79 Å². The molecular formula is C26H32Cl2N8O. The highest BCUT2D eigenvalue weighted by atomic mass is 35.5. The number of hydrogen-bond acceptors (Lipinski definition) is 6. The Morgan fingerprint density at radius 1 is 1.27 bits per heavy atom. The summed E-state index contributed by atoms with van der Waals surface area (Å²) in [5, 5.41) is 10.8. The molecule has 0 radical (unpaired) electrons. The van der Waals surface area contributed by atoms with Crippen LogP contribution in [0.1, 0.15) is 18.2 Å². The summed E-state index contributed by atoms with van der Waals surface area (Å²) in [5.41, 5.74) is 9.67. The first-order chi connectivity index (χ1) is 17.5. The predicted octanol–water partition coefficient (Wildman–Crippen LogP) is 4.63. The van der Waals surface area contributed by atoms with Crippen LogP contribution in [0.5, 0.6) is 0 Å². The molecule has 2 heterocycles. The number of carbonyl (C=O) groups is 1. The van der Waals surface area contributed by atoms with E-state index in [9.17, 15) is 4.79 Å². The van der Waals surface area contributed by atoms with Gasteiger partial charge in [0.2, 0.25) is 0 Å². The Morgan fingerprint density at radius 3 is 2.65 bits per heavy atom. The Labute approximate surface area is 227 Å². The number of nitrogens with one attached hydrogen (secondary N) is 2. The van der Waals surface area contributed by atoms with Gasteiger partial charge < -0.3 is 16.4 Å². The smallest absolute Gasteiger partial charge is 0.325 e. The fourth-order valence-corrected chi connectivity index (χ4v) is 3.43. The molecule has 0 spiro atoms. The van der Waals surface area contributed by atoms with Crippen molar-refractivity contribution in [3.63, 3.8) is 0 Å². The lowest BCUT2D eigenvalue weighted by Gasteiger charge is -2.20. The molecule has 0 bridgehead atoms. The predicted molar refractivity (Wildman–Crippen MR) is 153 cm³/mol. The van der Waals surface area contributed by atoms with E-state index in [4.69, 9.17) is 28.9 Å². The Kier molecular flexibility index (Phi) is 11.3. The van der Waals surface area contributed by atoms with E-state index in [-0.39, 0.29) is 6.03 Å². The minimum Gasteiger partial charge on any atom is -0.386 e. The Bertz CT molecular complexity index is 1340. The second-order valence-corrected chi connectivity index (χ2v) is 9.06. The summed E-state index contributed by atoms with van der Waals surface area (Å²) in [4.78, 5) is 19.5. The van der Waals surface area contributed by atoms with Crippen molar-refractivity contribution in [1.29, 1.82) is 0 Å². The van der Waals surface area contributed by atoms with Gasteiger partial charge in [-0.1, -0.05) is 41.8 Å².